The molecule has 1 heterocycles. The first kappa shape index (κ1) is 25.1. The van der Waals surface area contributed by atoms with Gasteiger partial charge >= 0.3 is 6.18 Å². The van der Waals surface area contributed by atoms with Crippen LogP contribution in [0.15, 0.2) is 58.5 Å². The maximum absolute atomic E-state index is 12.8. The summed E-state index contributed by atoms with van der Waals surface area (Å²) in [6.45, 7) is 1.55. The third kappa shape index (κ3) is 5.70. The number of sulfonamides is 1. The van der Waals surface area contributed by atoms with Crippen molar-refractivity contribution < 1.29 is 26.7 Å². The van der Waals surface area contributed by atoms with Gasteiger partial charge in [-0.1, -0.05) is 12.1 Å². The summed E-state index contributed by atoms with van der Waals surface area (Å²) in [4.78, 5) is -0.0553. The molecule has 14 heteroatoms. The highest BCUT2D eigenvalue weighted by atomic mass is 32.2. The van der Waals surface area contributed by atoms with Gasteiger partial charge in [-0.25, -0.2) is 13.6 Å². The number of aromatic nitrogens is 2. The Hall–Kier alpha value is -3.49. The summed E-state index contributed by atoms with van der Waals surface area (Å²) >= 11 is 5.14. The van der Waals surface area contributed by atoms with Crippen LogP contribution in [0, 0.1) is 0 Å². The average molecular weight is 513 g/mol. The number of rotatable bonds is 5. The van der Waals surface area contributed by atoms with Gasteiger partial charge in [-0.2, -0.15) is 23.4 Å². The first-order chi connectivity index (χ1) is 15.8. The Morgan fingerprint density at radius 2 is 1.74 bits per heavy atom. The van der Waals surface area contributed by atoms with Crippen LogP contribution >= 0.6 is 12.2 Å². The molecule has 0 saturated heterocycles. The second-order valence-electron chi connectivity index (χ2n) is 7.08. The molecule has 0 aliphatic rings. The number of nitrogens with one attached hydrogen (secondary N) is 2. The molecule has 0 unspecified atom stereocenters. The SMILES string of the molecule is C/C(=N\NC(=S)Nc1ccc(S(N)(=O)=O)cc1)c1nn(C)c(-c2ccc(C(F)(F)F)cc2)c1O. The number of aromatic hydroxyl groups is 1. The summed E-state index contributed by atoms with van der Waals surface area (Å²) < 4.78 is 62.4. The van der Waals surface area contributed by atoms with Crippen LogP contribution in [0.4, 0.5) is 18.9 Å². The van der Waals surface area contributed by atoms with E-state index < -0.39 is 21.8 Å². The molecule has 1 aromatic heterocycles. The van der Waals surface area contributed by atoms with Gasteiger partial charge in [0.05, 0.1) is 16.2 Å². The Labute approximate surface area is 198 Å². The first-order valence-corrected chi connectivity index (χ1v) is 11.4. The monoisotopic (exact) mass is 512 g/mol. The quantitative estimate of drug-likeness (QED) is 0.234. The van der Waals surface area contributed by atoms with Crippen molar-refractivity contribution in [3.63, 3.8) is 0 Å². The molecule has 180 valence electrons. The molecule has 0 aliphatic heterocycles. The van der Waals surface area contributed by atoms with Crippen LogP contribution in [0.2, 0.25) is 0 Å². The summed E-state index contributed by atoms with van der Waals surface area (Å²) in [6.07, 6.45) is -4.47. The van der Waals surface area contributed by atoms with Crippen molar-refractivity contribution in [2.75, 3.05) is 5.32 Å². The number of primary sulfonamides is 1. The Kier molecular flexibility index (Phi) is 6.95. The molecule has 0 spiro atoms. The number of hydrogen-bond acceptors (Lipinski definition) is 6. The summed E-state index contributed by atoms with van der Waals surface area (Å²) in [5.41, 5.74) is 3.15. The molecule has 34 heavy (non-hydrogen) atoms. The predicted octanol–water partition coefficient (Wildman–Crippen LogP) is 3.17. The van der Waals surface area contributed by atoms with Crippen molar-refractivity contribution in [3.05, 3.63) is 59.8 Å². The highest BCUT2D eigenvalue weighted by Crippen LogP contribution is 2.35. The van der Waals surface area contributed by atoms with Gasteiger partial charge in [0.1, 0.15) is 5.69 Å². The van der Waals surface area contributed by atoms with Gasteiger partial charge in [0.25, 0.3) is 0 Å². The van der Waals surface area contributed by atoms with Gasteiger partial charge in [0.15, 0.2) is 16.6 Å². The minimum absolute atomic E-state index is 0.0553. The number of hydrazone groups is 1. The second-order valence-corrected chi connectivity index (χ2v) is 9.05. The van der Waals surface area contributed by atoms with Crippen LogP contribution in [-0.2, 0) is 23.2 Å². The average Bonchev–Trinajstić information content (AvgIpc) is 3.05. The fourth-order valence-electron chi connectivity index (χ4n) is 2.97. The van der Waals surface area contributed by atoms with E-state index in [1.54, 1.807) is 6.92 Å². The van der Waals surface area contributed by atoms with Crippen LogP contribution in [0.25, 0.3) is 11.3 Å². The molecule has 3 aromatic rings. The van der Waals surface area contributed by atoms with E-state index in [9.17, 15) is 26.7 Å². The van der Waals surface area contributed by atoms with Crippen molar-refractivity contribution in [1.29, 1.82) is 0 Å². The predicted molar refractivity (Wildman–Crippen MR) is 125 cm³/mol. The molecule has 9 nitrogen and oxygen atoms in total. The standard InChI is InChI=1S/C20H19F3N6O3S2/c1-11(26-27-19(33)25-14-7-9-15(10-8-14)34(24,31)32)16-18(30)17(29(2)28-16)12-3-5-13(6-4-12)20(21,22)23/h3-10,30H,1-2H3,(H2,24,31,32)(H2,25,27,33)/b26-11+. The van der Waals surface area contributed by atoms with Crippen LogP contribution < -0.4 is 15.9 Å². The first-order valence-electron chi connectivity index (χ1n) is 9.45. The summed E-state index contributed by atoms with van der Waals surface area (Å²) in [5.74, 6) is -0.261. The number of nitrogens with two attached hydrogens (primary N) is 1. The third-order valence-electron chi connectivity index (χ3n) is 4.62. The largest absolute Gasteiger partial charge is 0.504 e. The lowest BCUT2D eigenvalue weighted by Crippen LogP contribution is -2.25. The smallest absolute Gasteiger partial charge is 0.416 e. The number of nitrogens with zero attached hydrogens (tertiary/aromatic N) is 3. The van der Waals surface area contributed by atoms with E-state index in [1.807, 2.05) is 0 Å². The molecular weight excluding hydrogens is 493 g/mol. The molecule has 3 rings (SSSR count). The lowest BCUT2D eigenvalue weighted by molar-refractivity contribution is -0.137. The van der Waals surface area contributed by atoms with E-state index in [2.05, 4.69) is 20.9 Å². The minimum atomic E-state index is -4.47. The van der Waals surface area contributed by atoms with Gasteiger partial charge in [-0.3, -0.25) is 10.1 Å². The maximum atomic E-state index is 12.8. The lowest BCUT2D eigenvalue weighted by Gasteiger charge is -2.08. The topological polar surface area (TPSA) is 135 Å². The highest BCUT2D eigenvalue weighted by molar-refractivity contribution is 7.89. The normalized spacial score (nSPS) is 12.5. The Morgan fingerprint density at radius 3 is 2.26 bits per heavy atom. The Morgan fingerprint density at radius 1 is 1.15 bits per heavy atom. The number of benzene rings is 2. The van der Waals surface area contributed by atoms with Gasteiger partial charge in [-0.05, 0) is 55.5 Å². The maximum Gasteiger partial charge on any atom is 0.416 e. The molecule has 0 saturated carbocycles. The van der Waals surface area contributed by atoms with Gasteiger partial charge in [-0.15, -0.1) is 0 Å². The van der Waals surface area contributed by atoms with Crippen molar-refractivity contribution in [3.8, 4) is 17.0 Å². The fourth-order valence-corrected chi connectivity index (χ4v) is 3.65. The van der Waals surface area contributed by atoms with E-state index in [0.29, 0.717) is 11.3 Å². The molecule has 0 atom stereocenters. The van der Waals surface area contributed by atoms with Gasteiger partial charge < -0.3 is 10.4 Å². The third-order valence-corrected chi connectivity index (χ3v) is 5.74. The summed E-state index contributed by atoms with van der Waals surface area (Å²) in [6, 6.07) is 9.87. The number of hydrogen-bond donors (Lipinski definition) is 4. The van der Waals surface area contributed by atoms with E-state index >= 15 is 0 Å². The minimum Gasteiger partial charge on any atom is -0.504 e. The van der Waals surface area contributed by atoms with Gasteiger partial charge in [0, 0.05) is 18.3 Å². The fraction of sp³-hybridized carbons (Fsp3) is 0.150. The molecule has 0 amide bonds. The van der Waals surface area contributed by atoms with Crippen molar-refractivity contribution >= 4 is 38.8 Å². The van der Waals surface area contributed by atoms with E-state index in [1.165, 1.54) is 48.1 Å². The molecule has 0 radical (unpaired) electrons. The van der Waals surface area contributed by atoms with Crippen LogP contribution in [0.5, 0.6) is 5.75 Å². The zero-order valence-electron chi connectivity index (χ0n) is 17.8. The lowest BCUT2D eigenvalue weighted by atomic mass is 10.1. The van der Waals surface area contributed by atoms with Crippen LogP contribution in [-0.4, -0.2) is 34.1 Å². The molecular formula is C20H19F3N6O3S2. The molecule has 2 aromatic carbocycles. The molecule has 5 N–H and O–H groups in total. The second kappa shape index (κ2) is 9.40. The van der Waals surface area contributed by atoms with E-state index in [4.69, 9.17) is 17.4 Å². The summed E-state index contributed by atoms with van der Waals surface area (Å²) in [7, 11) is -2.28. The van der Waals surface area contributed by atoms with Gasteiger partial charge in [0.2, 0.25) is 10.0 Å². The number of anilines is 1. The van der Waals surface area contributed by atoms with Crippen LogP contribution in [0.3, 0.4) is 0 Å². The summed E-state index contributed by atoms with van der Waals surface area (Å²) in [5, 5.41) is 26.8. The van der Waals surface area contributed by atoms with E-state index in [0.717, 1.165) is 12.1 Å². The van der Waals surface area contributed by atoms with Crippen molar-refractivity contribution in [2.45, 2.75) is 18.0 Å². The zero-order chi connectivity index (χ0) is 25.3. The van der Waals surface area contributed by atoms with Crippen LogP contribution in [0.1, 0.15) is 18.2 Å². The highest BCUT2D eigenvalue weighted by Gasteiger charge is 2.30. The van der Waals surface area contributed by atoms with E-state index in [-0.39, 0.29) is 32.9 Å². The molecule has 0 aliphatic carbocycles. The number of thiocarbonyl (C=S) groups is 1. The van der Waals surface area contributed by atoms with Crippen molar-refractivity contribution in [2.24, 2.45) is 17.3 Å². The Balaban J connectivity index is 1.74. The molecule has 0 fully saturated rings. The number of halogens is 3. The zero-order valence-corrected chi connectivity index (χ0v) is 19.4. The number of alkyl halides is 3. The molecule has 0 bridgehead atoms. The Bertz CT molecular complexity index is 1350. The van der Waals surface area contributed by atoms with Crippen molar-refractivity contribution in [1.82, 2.24) is 15.2 Å². The number of aryl methyl sites for hydroxylation is 1.